The number of aromatic nitrogens is 1. The van der Waals surface area contributed by atoms with Crippen molar-refractivity contribution in [2.45, 2.75) is 25.2 Å². The normalized spacial score (nSPS) is 18.0. The number of halogens is 3. The van der Waals surface area contributed by atoms with Crippen LogP contribution in [0.4, 0.5) is 13.2 Å². The van der Waals surface area contributed by atoms with Gasteiger partial charge < -0.3 is 10.3 Å². The maximum atomic E-state index is 12.6. The van der Waals surface area contributed by atoms with Crippen LogP contribution in [0, 0.1) is 0 Å². The van der Waals surface area contributed by atoms with E-state index < -0.39 is 11.7 Å². The van der Waals surface area contributed by atoms with Crippen molar-refractivity contribution in [3.63, 3.8) is 0 Å². The van der Waals surface area contributed by atoms with E-state index in [0.29, 0.717) is 18.7 Å². The molecule has 0 spiro atoms. The van der Waals surface area contributed by atoms with Gasteiger partial charge in [-0.05, 0) is 30.2 Å². The molecule has 1 fully saturated rings. The summed E-state index contributed by atoms with van der Waals surface area (Å²) in [4.78, 5) is 27.9. The number of benzene rings is 1. The van der Waals surface area contributed by atoms with E-state index in [1.807, 2.05) is 0 Å². The minimum absolute atomic E-state index is 0.0590. The Labute approximate surface area is 147 Å². The first-order valence-electron chi connectivity index (χ1n) is 8.19. The molecule has 2 heterocycles. The van der Waals surface area contributed by atoms with Crippen molar-refractivity contribution in [3.8, 4) is 0 Å². The lowest BCUT2D eigenvalue weighted by Gasteiger charge is -2.17. The number of likely N-dealkylation sites (tertiary alicyclic amines) is 1. The highest BCUT2D eigenvalue weighted by atomic mass is 19.4. The third-order valence-corrected chi connectivity index (χ3v) is 4.33. The Morgan fingerprint density at radius 2 is 1.96 bits per heavy atom. The minimum Gasteiger partial charge on any atom is -0.348 e. The molecule has 26 heavy (non-hydrogen) atoms. The number of nitrogens with zero attached hydrogens (tertiary/aromatic N) is 1. The topological polar surface area (TPSA) is 65.2 Å². The van der Waals surface area contributed by atoms with Gasteiger partial charge in [-0.15, -0.1) is 0 Å². The van der Waals surface area contributed by atoms with Crippen LogP contribution in [-0.2, 0) is 12.7 Å². The molecule has 1 saturated heterocycles. The number of rotatable bonds is 4. The summed E-state index contributed by atoms with van der Waals surface area (Å²) in [5.41, 5.74) is 0.0909. The van der Waals surface area contributed by atoms with Crippen molar-refractivity contribution in [2.24, 2.45) is 0 Å². The first-order valence-corrected chi connectivity index (χ1v) is 8.19. The summed E-state index contributed by atoms with van der Waals surface area (Å²) in [6, 6.07) is 7.83. The minimum atomic E-state index is -4.33. The molecule has 0 radical (unpaired) electrons. The van der Waals surface area contributed by atoms with Crippen molar-refractivity contribution in [2.75, 3.05) is 13.1 Å². The number of aromatic amines is 1. The molecule has 0 aliphatic carbocycles. The second-order valence-corrected chi connectivity index (χ2v) is 6.33. The van der Waals surface area contributed by atoms with Gasteiger partial charge in [0.05, 0.1) is 5.56 Å². The fourth-order valence-corrected chi connectivity index (χ4v) is 3.01. The van der Waals surface area contributed by atoms with Crippen LogP contribution in [-0.4, -0.2) is 34.9 Å². The van der Waals surface area contributed by atoms with E-state index in [-0.39, 0.29) is 17.5 Å². The van der Waals surface area contributed by atoms with E-state index in [0.717, 1.165) is 30.7 Å². The lowest BCUT2D eigenvalue weighted by Crippen LogP contribution is -2.37. The van der Waals surface area contributed by atoms with Gasteiger partial charge >= 0.3 is 6.18 Å². The fraction of sp³-hybridized carbons (Fsp3) is 0.333. The molecule has 138 valence electrons. The van der Waals surface area contributed by atoms with Gasteiger partial charge in [0.25, 0.3) is 5.91 Å². The third-order valence-electron chi connectivity index (χ3n) is 4.33. The number of H-pyrrole nitrogens is 1. The molecule has 0 bridgehead atoms. The first-order chi connectivity index (χ1) is 12.3. The summed E-state index contributed by atoms with van der Waals surface area (Å²) in [5, 5.41) is 2.89. The number of pyridine rings is 1. The monoisotopic (exact) mass is 365 g/mol. The molecule has 1 unspecified atom stereocenters. The van der Waals surface area contributed by atoms with Gasteiger partial charge in [-0.3, -0.25) is 14.5 Å². The number of hydrogen-bond acceptors (Lipinski definition) is 3. The second-order valence-electron chi connectivity index (χ2n) is 6.33. The van der Waals surface area contributed by atoms with Gasteiger partial charge in [-0.2, -0.15) is 13.2 Å². The van der Waals surface area contributed by atoms with E-state index >= 15 is 0 Å². The van der Waals surface area contributed by atoms with Crippen LogP contribution in [0.3, 0.4) is 0 Å². The van der Waals surface area contributed by atoms with Crippen LogP contribution in [0.15, 0.2) is 47.4 Å². The van der Waals surface area contributed by atoms with Gasteiger partial charge in [0.2, 0.25) is 5.56 Å². The molecule has 1 aliphatic heterocycles. The summed E-state index contributed by atoms with van der Waals surface area (Å²) in [5.74, 6) is -0.308. The largest absolute Gasteiger partial charge is 0.416 e. The second kappa shape index (κ2) is 7.33. The molecule has 2 N–H and O–H groups in total. The first kappa shape index (κ1) is 18.2. The zero-order valence-corrected chi connectivity index (χ0v) is 13.8. The summed E-state index contributed by atoms with van der Waals surface area (Å²) in [6.45, 7) is 1.87. The number of alkyl halides is 3. The van der Waals surface area contributed by atoms with E-state index in [4.69, 9.17) is 0 Å². The average molecular weight is 365 g/mol. The number of carbonyl (C=O) groups is 1. The van der Waals surface area contributed by atoms with Crippen LogP contribution in [0.2, 0.25) is 0 Å². The molecule has 2 aromatic rings. The number of hydrogen-bond donors (Lipinski definition) is 2. The van der Waals surface area contributed by atoms with Gasteiger partial charge in [-0.1, -0.05) is 12.1 Å². The molecule has 1 aromatic carbocycles. The predicted octanol–water partition coefficient (Wildman–Crippen LogP) is 2.40. The van der Waals surface area contributed by atoms with Gasteiger partial charge in [0.1, 0.15) is 0 Å². The molecule has 5 nitrogen and oxygen atoms in total. The van der Waals surface area contributed by atoms with Gasteiger partial charge in [0, 0.05) is 43.5 Å². The maximum Gasteiger partial charge on any atom is 0.416 e. The summed E-state index contributed by atoms with van der Waals surface area (Å²) >= 11 is 0. The third kappa shape index (κ3) is 4.51. The maximum absolute atomic E-state index is 12.6. The van der Waals surface area contributed by atoms with Crippen LogP contribution in [0.1, 0.15) is 27.9 Å². The SMILES string of the molecule is O=C(NC1CCN(Cc2ccc(C(F)(F)F)cc2)C1)c1cc[nH]c(=O)c1. The summed E-state index contributed by atoms with van der Waals surface area (Å²) in [7, 11) is 0. The Hall–Kier alpha value is -2.61. The van der Waals surface area contributed by atoms with Crippen molar-refractivity contribution < 1.29 is 18.0 Å². The predicted molar refractivity (Wildman–Crippen MR) is 89.7 cm³/mol. The molecular weight excluding hydrogens is 347 g/mol. The van der Waals surface area contributed by atoms with Gasteiger partial charge in [-0.25, -0.2) is 0 Å². The Bertz CT molecular complexity index is 831. The zero-order valence-electron chi connectivity index (χ0n) is 13.8. The quantitative estimate of drug-likeness (QED) is 0.875. The van der Waals surface area contributed by atoms with Gasteiger partial charge in [0.15, 0.2) is 0 Å². The average Bonchev–Trinajstić information content (AvgIpc) is 3.01. The lowest BCUT2D eigenvalue weighted by molar-refractivity contribution is -0.137. The van der Waals surface area contributed by atoms with Crippen LogP contribution >= 0.6 is 0 Å². The van der Waals surface area contributed by atoms with Crippen LogP contribution in [0.5, 0.6) is 0 Å². The highest BCUT2D eigenvalue weighted by Crippen LogP contribution is 2.29. The molecule has 1 aliphatic rings. The van der Waals surface area contributed by atoms with Crippen molar-refractivity contribution in [1.82, 2.24) is 15.2 Å². The molecular formula is C18H18F3N3O2. The molecule has 3 rings (SSSR count). The van der Waals surface area contributed by atoms with Crippen molar-refractivity contribution >= 4 is 5.91 Å². The highest BCUT2D eigenvalue weighted by molar-refractivity contribution is 5.94. The van der Waals surface area contributed by atoms with E-state index in [9.17, 15) is 22.8 Å². The Balaban J connectivity index is 1.54. The summed E-state index contributed by atoms with van der Waals surface area (Å²) < 4.78 is 37.8. The van der Waals surface area contributed by atoms with Crippen LogP contribution in [0.25, 0.3) is 0 Å². The molecule has 1 amide bonds. The number of amides is 1. The summed E-state index contributed by atoms with van der Waals surface area (Å²) in [6.07, 6.45) is -2.17. The molecule has 1 atom stereocenters. The Morgan fingerprint density at radius 1 is 1.23 bits per heavy atom. The Morgan fingerprint density at radius 3 is 2.62 bits per heavy atom. The zero-order chi connectivity index (χ0) is 18.7. The Kier molecular flexibility index (Phi) is 5.13. The van der Waals surface area contributed by atoms with E-state index in [1.54, 1.807) is 0 Å². The van der Waals surface area contributed by atoms with Crippen molar-refractivity contribution in [1.29, 1.82) is 0 Å². The van der Waals surface area contributed by atoms with E-state index in [2.05, 4.69) is 15.2 Å². The van der Waals surface area contributed by atoms with Crippen LogP contribution < -0.4 is 10.9 Å². The standard InChI is InChI=1S/C18H18F3N3O2/c19-18(20,21)14-3-1-12(2-4-14)10-24-8-6-15(11-24)23-17(26)13-5-7-22-16(25)9-13/h1-5,7,9,15H,6,8,10-11H2,(H,22,25)(H,23,26). The fourth-order valence-electron chi connectivity index (χ4n) is 3.01. The molecule has 0 saturated carbocycles. The number of carbonyl (C=O) groups excluding carboxylic acids is 1. The highest BCUT2D eigenvalue weighted by Gasteiger charge is 2.30. The molecule has 1 aromatic heterocycles. The lowest BCUT2D eigenvalue weighted by atomic mass is 10.1. The molecule has 8 heteroatoms. The number of nitrogens with one attached hydrogen (secondary N) is 2. The van der Waals surface area contributed by atoms with E-state index in [1.165, 1.54) is 30.5 Å². The van der Waals surface area contributed by atoms with Crippen molar-refractivity contribution in [3.05, 3.63) is 69.6 Å². The smallest absolute Gasteiger partial charge is 0.348 e.